The fraction of sp³-hybridized carbons (Fsp3) is 0.591. The van der Waals surface area contributed by atoms with E-state index in [1.165, 1.54) is 17.7 Å². The lowest BCUT2D eigenvalue weighted by Gasteiger charge is -2.39. The molecule has 1 aromatic heterocycles. The zero-order chi connectivity index (χ0) is 22.7. The normalized spacial score (nSPS) is 23.8. The fourth-order valence-electron chi connectivity index (χ4n) is 5.26. The van der Waals surface area contributed by atoms with Gasteiger partial charge in [0.1, 0.15) is 12.4 Å². The Bertz CT molecular complexity index is 1110. The largest absolute Gasteiger partial charge is 0.489 e. The number of amides is 1. The smallest absolute Gasteiger partial charge is 0.407 e. The van der Waals surface area contributed by atoms with Gasteiger partial charge in [-0.05, 0) is 47.7 Å². The molecule has 2 aromatic rings. The fourth-order valence-corrected chi connectivity index (χ4v) is 5.86. The van der Waals surface area contributed by atoms with Crippen molar-refractivity contribution in [1.29, 1.82) is 0 Å². The number of aromatic nitrogens is 2. The van der Waals surface area contributed by atoms with Crippen molar-refractivity contribution in [2.75, 3.05) is 49.5 Å². The molecule has 1 amide bonds. The van der Waals surface area contributed by atoms with Gasteiger partial charge in [-0.15, -0.1) is 0 Å². The van der Waals surface area contributed by atoms with Crippen LogP contribution in [0.1, 0.15) is 25.7 Å². The van der Waals surface area contributed by atoms with E-state index in [0.29, 0.717) is 53.5 Å². The molecule has 11 heteroatoms. The monoisotopic (exact) mass is 536 g/mol. The van der Waals surface area contributed by atoms with Crippen LogP contribution in [0.2, 0.25) is 5.02 Å². The van der Waals surface area contributed by atoms with Gasteiger partial charge in [-0.1, -0.05) is 11.6 Å². The number of benzene rings is 1. The summed E-state index contributed by atoms with van der Waals surface area (Å²) in [6, 6.07) is 2.90. The summed E-state index contributed by atoms with van der Waals surface area (Å²) in [5, 5.41) is 14.3. The van der Waals surface area contributed by atoms with E-state index in [0.717, 1.165) is 48.7 Å². The van der Waals surface area contributed by atoms with Crippen LogP contribution in [0.15, 0.2) is 10.5 Å². The van der Waals surface area contributed by atoms with E-state index in [4.69, 9.17) is 26.3 Å². The van der Waals surface area contributed by atoms with E-state index >= 15 is 0 Å². The molecule has 6 rings (SSSR count). The van der Waals surface area contributed by atoms with Gasteiger partial charge in [-0.2, -0.15) is 4.98 Å². The van der Waals surface area contributed by atoms with E-state index in [-0.39, 0.29) is 6.04 Å². The molecule has 2 N–H and O–H groups in total. The molecule has 3 fully saturated rings. The number of piperazine rings is 1. The standard InChI is InChI=1S/C22H26BrClN6O3/c23-15-9-16-17-19(18(15)24)33-11-14-10-29(22(31)32)7-8-30(14)20(17)27-21(26-16)25-12-3-5-28(6-4-12)13-1-2-13/h9,12-14H,1-8,10-11H2,(H,31,32)(H,25,26,27)/t14-/m0/s1. The van der Waals surface area contributed by atoms with Gasteiger partial charge in [0.05, 0.1) is 22.0 Å². The van der Waals surface area contributed by atoms with Crippen LogP contribution in [0, 0.1) is 0 Å². The van der Waals surface area contributed by atoms with Crippen LogP contribution in [-0.2, 0) is 0 Å². The minimum atomic E-state index is -0.912. The Labute approximate surface area is 205 Å². The third-order valence-electron chi connectivity index (χ3n) is 7.19. The third kappa shape index (κ3) is 3.95. The average Bonchev–Trinajstić information content (AvgIpc) is 3.65. The summed E-state index contributed by atoms with van der Waals surface area (Å²) in [5.74, 6) is 1.91. The highest BCUT2D eigenvalue weighted by molar-refractivity contribution is 9.10. The van der Waals surface area contributed by atoms with Gasteiger partial charge in [0, 0.05) is 49.3 Å². The number of nitrogens with zero attached hydrogens (tertiary/aromatic N) is 5. The highest BCUT2D eigenvalue weighted by Crippen LogP contribution is 2.45. The molecule has 1 aliphatic carbocycles. The molecule has 0 spiro atoms. The number of nitrogens with one attached hydrogen (secondary N) is 1. The SMILES string of the molecule is O=C(O)N1CCN2c3nc(NC4CCN(C5CC5)CC4)nc4cc(Br)c(Cl)c(c34)OC[C@@H]2C1. The molecule has 1 saturated carbocycles. The summed E-state index contributed by atoms with van der Waals surface area (Å²) in [6.45, 7) is 3.87. The van der Waals surface area contributed by atoms with Gasteiger partial charge in [0.2, 0.25) is 5.95 Å². The summed E-state index contributed by atoms with van der Waals surface area (Å²) < 4.78 is 6.85. The Morgan fingerprint density at radius 2 is 1.94 bits per heavy atom. The number of hydrogen-bond donors (Lipinski definition) is 2. The second-order valence-electron chi connectivity index (χ2n) is 9.34. The maximum Gasteiger partial charge on any atom is 0.407 e. The first-order valence-electron chi connectivity index (χ1n) is 11.6. The number of anilines is 2. The molecule has 0 radical (unpaired) electrons. The summed E-state index contributed by atoms with van der Waals surface area (Å²) >= 11 is 10.1. The number of ether oxygens (including phenoxy) is 1. The number of likely N-dealkylation sites (tertiary alicyclic amines) is 1. The quantitative estimate of drug-likeness (QED) is 0.613. The number of carbonyl (C=O) groups is 1. The number of hydrogen-bond acceptors (Lipinski definition) is 7. The van der Waals surface area contributed by atoms with Gasteiger partial charge in [0.15, 0.2) is 5.75 Å². The van der Waals surface area contributed by atoms with Gasteiger partial charge in [-0.3, -0.25) is 0 Å². The van der Waals surface area contributed by atoms with Crippen molar-refractivity contribution >= 4 is 56.3 Å². The molecule has 0 bridgehead atoms. The topological polar surface area (TPSA) is 94.1 Å². The van der Waals surface area contributed by atoms with Gasteiger partial charge < -0.3 is 29.9 Å². The minimum Gasteiger partial charge on any atom is -0.489 e. The first-order chi connectivity index (χ1) is 16.0. The number of fused-ring (bicyclic) bond motifs is 2. The summed E-state index contributed by atoms with van der Waals surface area (Å²) in [4.78, 5) is 27.5. The summed E-state index contributed by atoms with van der Waals surface area (Å²) in [6.07, 6.45) is 3.92. The number of halogens is 2. The zero-order valence-corrected chi connectivity index (χ0v) is 20.5. The van der Waals surface area contributed by atoms with Crippen molar-refractivity contribution in [3.8, 4) is 5.75 Å². The van der Waals surface area contributed by atoms with Crippen LogP contribution < -0.4 is 15.0 Å². The Morgan fingerprint density at radius 3 is 2.67 bits per heavy atom. The highest BCUT2D eigenvalue weighted by Gasteiger charge is 2.36. The van der Waals surface area contributed by atoms with Crippen LogP contribution in [0.4, 0.5) is 16.6 Å². The summed E-state index contributed by atoms with van der Waals surface area (Å²) in [5.41, 5.74) is 0.755. The minimum absolute atomic E-state index is 0.148. The van der Waals surface area contributed by atoms with Crippen molar-refractivity contribution in [2.45, 2.75) is 43.8 Å². The Kier molecular flexibility index (Phi) is 5.42. The van der Waals surface area contributed by atoms with Crippen LogP contribution >= 0.6 is 27.5 Å². The van der Waals surface area contributed by atoms with Crippen molar-refractivity contribution in [3.63, 3.8) is 0 Å². The van der Waals surface area contributed by atoms with Crippen LogP contribution in [0.5, 0.6) is 5.75 Å². The number of rotatable bonds is 3. The molecule has 33 heavy (non-hydrogen) atoms. The molecule has 4 heterocycles. The van der Waals surface area contributed by atoms with E-state index in [1.54, 1.807) is 0 Å². The van der Waals surface area contributed by atoms with E-state index in [2.05, 4.69) is 31.0 Å². The van der Waals surface area contributed by atoms with Crippen molar-refractivity contribution in [2.24, 2.45) is 0 Å². The lowest BCUT2D eigenvalue weighted by atomic mass is 10.1. The lowest BCUT2D eigenvalue weighted by molar-refractivity contribution is 0.127. The maximum atomic E-state index is 11.6. The van der Waals surface area contributed by atoms with E-state index in [9.17, 15) is 9.90 Å². The molecule has 176 valence electrons. The predicted molar refractivity (Wildman–Crippen MR) is 130 cm³/mol. The molecular formula is C22H26BrClN6O3. The first-order valence-corrected chi connectivity index (χ1v) is 12.7. The maximum absolute atomic E-state index is 11.6. The molecule has 3 aliphatic heterocycles. The van der Waals surface area contributed by atoms with Crippen LogP contribution in [0.3, 0.4) is 0 Å². The first kappa shape index (κ1) is 21.5. The van der Waals surface area contributed by atoms with Gasteiger partial charge in [-0.25, -0.2) is 9.78 Å². The average molecular weight is 538 g/mol. The Balaban J connectivity index is 1.34. The third-order valence-corrected chi connectivity index (χ3v) is 8.42. The van der Waals surface area contributed by atoms with E-state index < -0.39 is 6.09 Å². The lowest BCUT2D eigenvalue weighted by Crippen LogP contribution is -2.56. The van der Waals surface area contributed by atoms with Gasteiger partial charge >= 0.3 is 6.09 Å². The second kappa shape index (κ2) is 8.32. The highest BCUT2D eigenvalue weighted by atomic mass is 79.9. The molecule has 0 unspecified atom stereocenters. The molecule has 2 saturated heterocycles. The van der Waals surface area contributed by atoms with Crippen molar-refractivity contribution in [1.82, 2.24) is 19.8 Å². The van der Waals surface area contributed by atoms with Crippen LogP contribution in [0.25, 0.3) is 10.9 Å². The Morgan fingerprint density at radius 1 is 1.15 bits per heavy atom. The molecule has 1 atom stereocenters. The van der Waals surface area contributed by atoms with Gasteiger partial charge in [0.25, 0.3) is 0 Å². The second-order valence-corrected chi connectivity index (χ2v) is 10.6. The van der Waals surface area contributed by atoms with E-state index in [1.807, 2.05) is 6.07 Å². The Hall–Kier alpha value is -2.04. The van der Waals surface area contributed by atoms with Crippen molar-refractivity contribution in [3.05, 3.63) is 15.6 Å². The molecular weight excluding hydrogens is 512 g/mol. The van der Waals surface area contributed by atoms with Crippen molar-refractivity contribution < 1.29 is 14.6 Å². The predicted octanol–water partition coefficient (Wildman–Crippen LogP) is 3.65. The molecule has 9 nitrogen and oxygen atoms in total. The number of piperidine rings is 1. The molecule has 1 aromatic carbocycles. The number of carboxylic acid groups (broad SMARTS) is 1. The van der Waals surface area contributed by atoms with Crippen LogP contribution in [-0.4, -0.2) is 88.4 Å². The summed E-state index contributed by atoms with van der Waals surface area (Å²) in [7, 11) is 0. The zero-order valence-electron chi connectivity index (χ0n) is 18.1. The molecule has 4 aliphatic rings.